The summed E-state index contributed by atoms with van der Waals surface area (Å²) in [5, 5.41) is 2.94. The number of carbonyl (C=O) groups is 2. The van der Waals surface area contributed by atoms with Gasteiger partial charge in [-0.3, -0.25) is 9.59 Å². The normalized spacial score (nSPS) is 16.1. The fourth-order valence-corrected chi connectivity index (χ4v) is 3.41. The molecule has 6 heteroatoms. The highest BCUT2D eigenvalue weighted by Crippen LogP contribution is 2.36. The molecule has 142 valence electrons. The van der Waals surface area contributed by atoms with Gasteiger partial charge in [0, 0.05) is 12.1 Å². The molecule has 2 amide bonds. The van der Waals surface area contributed by atoms with Crippen molar-refractivity contribution in [2.45, 2.75) is 32.9 Å². The van der Waals surface area contributed by atoms with Gasteiger partial charge in [0.25, 0.3) is 0 Å². The summed E-state index contributed by atoms with van der Waals surface area (Å²) in [5.41, 5.74) is 8.30. The second kappa shape index (κ2) is 7.70. The predicted octanol–water partition coefficient (Wildman–Crippen LogP) is 3.17. The predicted molar refractivity (Wildman–Crippen MR) is 106 cm³/mol. The van der Waals surface area contributed by atoms with E-state index in [1.54, 1.807) is 19.2 Å². The quantitative estimate of drug-likeness (QED) is 0.821. The van der Waals surface area contributed by atoms with Crippen molar-refractivity contribution in [1.82, 2.24) is 0 Å². The first-order chi connectivity index (χ1) is 12.9. The highest BCUT2D eigenvalue weighted by atomic mass is 16.5. The van der Waals surface area contributed by atoms with Gasteiger partial charge in [-0.15, -0.1) is 0 Å². The average Bonchev–Trinajstić information content (AvgIpc) is 2.63. The first kappa shape index (κ1) is 18.8. The highest BCUT2D eigenvalue weighted by Gasteiger charge is 2.33. The maximum Gasteiger partial charge on any atom is 0.248 e. The number of primary amides is 1. The summed E-state index contributed by atoms with van der Waals surface area (Å²) in [6.45, 7) is 4.76. The van der Waals surface area contributed by atoms with Gasteiger partial charge in [-0.25, -0.2) is 0 Å². The summed E-state index contributed by atoms with van der Waals surface area (Å²) >= 11 is 0. The monoisotopic (exact) mass is 367 g/mol. The van der Waals surface area contributed by atoms with Crippen LogP contribution < -0.4 is 20.7 Å². The number of nitrogens with one attached hydrogen (secondary N) is 1. The minimum absolute atomic E-state index is 0.0688. The number of methoxy groups -OCH3 is 1. The topological polar surface area (TPSA) is 84.7 Å². The molecular weight excluding hydrogens is 342 g/mol. The number of anilines is 2. The Bertz CT molecular complexity index is 864. The van der Waals surface area contributed by atoms with Crippen LogP contribution in [0.4, 0.5) is 11.4 Å². The Labute approximate surface area is 159 Å². The Hall–Kier alpha value is -3.02. The molecule has 2 aromatic rings. The Morgan fingerprint density at radius 3 is 2.70 bits per heavy atom. The van der Waals surface area contributed by atoms with E-state index in [2.05, 4.69) is 24.1 Å². The molecular formula is C21H25N3O3. The van der Waals surface area contributed by atoms with Gasteiger partial charge in [0.05, 0.1) is 18.5 Å². The van der Waals surface area contributed by atoms with Crippen molar-refractivity contribution in [3.8, 4) is 5.75 Å². The van der Waals surface area contributed by atoms with Crippen LogP contribution in [0.2, 0.25) is 0 Å². The third-order valence-electron chi connectivity index (χ3n) is 4.71. The molecule has 0 bridgehead atoms. The van der Waals surface area contributed by atoms with E-state index in [9.17, 15) is 9.59 Å². The van der Waals surface area contributed by atoms with Crippen molar-refractivity contribution in [1.29, 1.82) is 0 Å². The summed E-state index contributed by atoms with van der Waals surface area (Å²) in [5.74, 6) is 0.551. The second-order valence-corrected chi connectivity index (χ2v) is 7.21. The lowest BCUT2D eigenvalue weighted by Crippen LogP contribution is -2.48. The number of hydrogen-bond acceptors (Lipinski definition) is 4. The number of rotatable bonds is 6. The Morgan fingerprint density at radius 2 is 2.04 bits per heavy atom. The third kappa shape index (κ3) is 4.05. The number of benzene rings is 2. The minimum atomic E-state index is -0.518. The number of fused-ring (bicyclic) bond motifs is 1. The number of ether oxygens (including phenoxy) is 1. The van der Waals surface area contributed by atoms with Gasteiger partial charge in [0.2, 0.25) is 11.8 Å². The smallest absolute Gasteiger partial charge is 0.248 e. The van der Waals surface area contributed by atoms with E-state index in [-0.39, 0.29) is 11.9 Å². The zero-order chi connectivity index (χ0) is 19.6. The molecule has 0 spiro atoms. The molecule has 3 rings (SSSR count). The standard InChI is InChI=1S/C21H25N3O3/c1-13(2)9-19-21(26)23-17-11-15(20(22)25)7-8-18(17)24(19)12-14-5-4-6-16(10-14)27-3/h4-8,10-11,13,19H,9,12H2,1-3H3,(H2,22,25)(H,23,26). The molecule has 27 heavy (non-hydrogen) atoms. The zero-order valence-corrected chi connectivity index (χ0v) is 15.9. The summed E-state index contributed by atoms with van der Waals surface area (Å²) in [6, 6.07) is 12.7. The SMILES string of the molecule is COc1cccc(CN2c3ccc(C(N)=O)cc3NC(=O)C2CC(C)C)c1. The Morgan fingerprint density at radius 1 is 1.26 bits per heavy atom. The van der Waals surface area contributed by atoms with Crippen LogP contribution in [-0.2, 0) is 11.3 Å². The fraction of sp³-hybridized carbons (Fsp3) is 0.333. The number of nitrogens with two attached hydrogens (primary N) is 1. The van der Waals surface area contributed by atoms with Crippen molar-refractivity contribution in [2.24, 2.45) is 11.7 Å². The molecule has 2 aromatic carbocycles. The maximum absolute atomic E-state index is 12.8. The molecule has 1 unspecified atom stereocenters. The van der Waals surface area contributed by atoms with Crippen LogP contribution in [0.3, 0.4) is 0 Å². The maximum atomic E-state index is 12.8. The van der Waals surface area contributed by atoms with Crippen LogP contribution in [0.1, 0.15) is 36.2 Å². The zero-order valence-electron chi connectivity index (χ0n) is 15.9. The van der Waals surface area contributed by atoms with Crippen LogP contribution in [0.5, 0.6) is 5.75 Å². The molecule has 0 saturated carbocycles. The molecule has 1 aliphatic rings. The average molecular weight is 367 g/mol. The molecule has 0 aromatic heterocycles. The minimum Gasteiger partial charge on any atom is -0.497 e. The lowest BCUT2D eigenvalue weighted by Gasteiger charge is -2.39. The molecule has 0 radical (unpaired) electrons. The first-order valence-corrected chi connectivity index (χ1v) is 9.03. The van der Waals surface area contributed by atoms with Gasteiger partial charge in [-0.2, -0.15) is 0 Å². The molecule has 0 saturated heterocycles. The van der Waals surface area contributed by atoms with Crippen molar-refractivity contribution < 1.29 is 14.3 Å². The van der Waals surface area contributed by atoms with E-state index in [1.807, 2.05) is 30.3 Å². The molecule has 3 N–H and O–H groups in total. The lowest BCUT2D eigenvalue weighted by atomic mass is 9.97. The number of hydrogen-bond donors (Lipinski definition) is 2. The lowest BCUT2D eigenvalue weighted by molar-refractivity contribution is -0.118. The molecule has 0 aliphatic carbocycles. The summed E-state index contributed by atoms with van der Waals surface area (Å²) in [4.78, 5) is 26.4. The van der Waals surface area contributed by atoms with Gasteiger partial charge in [-0.05, 0) is 48.2 Å². The number of amides is 2. The molecule has 1 aliphatic heterocycles. The summed E-state index contributed by atoms with van der Waals surface area (Å²) in [6.07, 6.45) is 0.729. The van der Waals surface area contributed by atoms with E-state index in [4.69, 9.17) is 10.5 Å². The van der Waals surface area contributed by atoms with Crippen molar-refractivity contribution in [3.05, 3.63) is 53.6 Å². The van der Waals surface area contributed by atoms with Gasteiger partial charge in [0.15, 0.2) is 0 Å². The summed E-state index contributed by atoms with van der Waals surface area (Å²) < 4.78 is 5.32. The summed E-state index contributed by atoms with van der Waals surface area (Å²) in [7, 11) is 1.63. The molecule has 6 nitrogen and oxygen atoms in total. The van der Waals surface area contributed by atoms with Crippen molar-refractivity contribution in [3.63, 3.8) is 0 Å². The molecule has 1 atom stereocenters. The largest absolute Gasteiger partial charge is 0.497 e. The first-order valence-electron chi connectivity index (χ1n) is 9.03. The Kier molecular flexibility index (Phi) is 5.35. The van der Waals surface area contributed by atoms with Gasteiger partial charge in [-0.1, -0.05) is 26.0 Å². The van der Waals surface area contributed by atoms with Crippen molar-refractivity contribution in [2.75, 3.05) is 17.3 Å². The highest BCUT2D eigenvalue weighted by molar-refractivity contribution is 6.05. The van der Waals surface area contributed by atoms with Gasteiger partial charge in [0.1, 0.15) is 11.8 Å². The Balaban J connectivity index is 2.02. The fourth-order valence-electron chi connectivity index (χ4n) is 3.41. The third-order valence-corrected chi connectivity index (χ3v) is 4.71. The van der Waals surface area contributed by atoms with Crippen LogP contribution in [0.25, 0.3) is 0 Å². The van der Waals surface area contributed by atoms with E-state index in [0.717, 1.165) is 23.4 Å². The number of nitrogens with zero attached hydrogens (tertiary/aromatic N) is 1. The number of carbonyl (C=O) groups excluding carboxylic acids is 2. The molecule has 1 heterocycles. The van der Waals surface area contributed by atoms with Gasteiger partial charge < -0.3 is 20.7 Å². The van der Waals surface area contributed by atoms with Crippen LogP contribution in [0, 0.1) is 5.92 Å². The van der Waals surface area contributed by atoms with E-state index < -0.39 is 5.91 Å². The van der Waals surface area contributed by atoms with E-state index in [1.165, 1.54) is 0 Å². The van der Waals surface area contributed by atoms with Crippen LogP contribution >= 0.6 is 0 Å². The van der Waals surface area contributed by atoms with E-state index >= 15 is 0 Å². The van der Waals surface area contributed by atoms with Gasteiger partial charge >= 0.3 is 0 Å². The van der Waals surface area contributed by atoms with Crippen molar-refractivity contribution >= 4 is 23.2 Å². The second-order valence-electron chi connectivity index (χ2n) is 7.21. The molecule has 0 fully saturated rings. The van der Waals surface area contributed by atoms with Crippen LogP contribution in [0.15, 0.2) is 42.5 Å². The van der Waals surface area contributed by atoms with Crippen LogP contribution in [-0.4, -0.2) is 25.0 Å². The van der Waals surface area contributed by atoms with E-state index in [0.29, 0.717) is 23.7 Å².